The summed E-state index contributed by atoms with van der Waals surface area (Å²) in [5.74, 6) is 0.0971. The summed E-state index contributed by atoms with van der Waals surface area (Å²) >= 11 is 2.80. The van der Waals surface area contributed by atoms with Gasteiger partial charge < -0.3 is 10.1 Å². The number of hydrogen-bond acceptors (Lipinski definition) is 8. The van der Waals surface area contributed by atoms with Crippen molar-refractivity contribution in [1.29, 1.82) is 0 Å². The predicted octanol–water partition coefficient (Wildman–Crippen LogP) is 2.81. The van der Waals surface area contributed by atoms with Crippen LogP contribution in [-0.2, 0) is 16.1 Å². The fourth-order valence-electron chi connectivity index (χ4n) is 3.11. The second kappa shape index (κ2) is 7.91. The van der Waals surface area contributed by atoms with Crippen LogP contribution in [0.2, 0.25) is 0 Å². The van der Waals surface area contributed by atoms with Gasteiger partial charge >= 0.3 is 0 Å². The number of nitrogens with one attached hydrogen (secondary N) is 1. The van der Waals surface area contributed by atoms with Crippen LogP contribution in [0.15, 0.2) is 17.3 Å². The van der Waals surface area contributed by atoms with Gasteiger partial charge in [-0.2, -0.15) is 0 Å². The molecule has 142 valence electrons. The Balaban J connectivity index is 1.36. The molecule has 27 heavy (non-hydrogen) atoms. The second-order valence-corrected chi connectivity index (χ2v) is 8.54. The van der Waals surface area contributed by atoms with Crippen LogP contribution in [0.5, 0.6) is 0 Å². The third-order valence-electron chi connectivity index (χ3n) is 4.31. The van der Waals surface area contributed by atoms with Crippen molar-refractivity contribution in [1.82, 2.24) is 25.2 Å². The topological polar surface area (TPSA) is 94.8 Å². The highest BCUT2D eigenvalue weighted by molar-refractivity contribution is 7.99. The molecule has 3 aromatic rings. The highest BCUT2D eigenvalue weighted by atomic mass is 32.2. The molecule has 4 rings (SSSR count). The number of nitrogens with zero attached hydrogens (tertiary/aromatic N) is 5. The van der Waals surface area contributed by atoms with Crippen LogP contribution >= 0.6 is 23.1 Å². The highest BCUT2D eigenvalue weighted by Crippen LogP contribution is 2.29. The minimum atomic E-state index is -0.125. The number of hydrogen-bond donors (Lipinski definition) is 1. The van der Waals surface area contributed by atoms with Crippen LogP contribution in [-0.4, -0.2) is 49.6 Å². The first-order chi connectivity index (χ1) is 13.1. The Morgan fingerprint density at radius 1 is 1.44 bits per heavy atom. The minimum Gasteiger partial charge on any atom is -0.376 e. The van der Waals surface area contributed by atoms with E-state index in [-0.39, 0.29) is 17.8 Å². The number of thioether (sulfide) groups is 1. The molecule has 8 nitrogen and oxygen atoms in total. The number of carbonyl (C=O) groups is 1. The number of ether oxygens (including phenoxy) is 1. The molecule has 1 aliphatic heterocycles. The van der Waals surface area contributed by atoms with Crippen molar-refractivity contribution in [3.63, 3.8) is 0 Å². The Morgan fingerprint density at radius 3 is 3.15 bits per heavy atom. The SMILES string of the molecule is Cc1cc(C)c2nc(NC(=O)CSc3nnnn3CC3CCCO3)sc2c1. The molecule has 1 N–H and O–H groups in total. The number of fused-ring (bicyclic) bond motifs is 1. The fraction of sp³-hybridized carbons (Fsp3) is 0.471. The van der Waals surface area contributed by atoms with Gasteiger partial charge in [0.1, 0.15) is 0 Å². The molecular weight excluding hydrogens is 384 g/mol. The van der Waals surface area contributed by atoms with E-state index < -0.39 is 0 Å². The van der Waals surface area contributed by atoms with Crippen molar-refractivity contribution in [3.8, 4) is 0 Å². The van der Waals surface area contributed by atoms with Gasteiger partial charge in [-0.3, -0.25) is 4.79 Å². The normalized spacial score (nSPS) is 16.9. The Bertz CT molecular complexity index is 964. The quantitative estimate of drug-likeness (QED) is 0.631. The number of aryl methyl sites for hydroxylation is 2. The minimum absolute atomic E-state index is 0.125. The van der Waals surface area contributed by atoms with E-state index >= 15 is 0 Å². The van der Waals surface area contributed by atoms with Crippen LogP contribution in [0.3, 0.4) is 0 Å². The van der Waals surface area contributed by atoms with E-state index in [0.717, 1.165) is 35.2 Å². The van der Waals surface area contributed by atoms with Crippen molar-refractivity contribution in [2.75, 3.05) is 17.7 Å². The molecule has 1 fully saturated rings. The predicted molar refractivity (Wildman–Crippen MR) is 105 cm³/mol. The maximum Gasteiger partial charge on any atom is 0.236 e. The lowest BCUT2D eigenvalue weighted by Gasteiger charge is -2.09. The summed E-state index contributed by atoms with van der Waals surface area (Å²) in [4.78, 5) is 16.9. The van der Waals surface area contributed by atoms with Crippen LogP contribution in [0.1, 0.15) is 24.0 Å². The van der Waals surface area contributed by atoms with Gasteiger partial charge in [-0.1, -0.05) is 29.2 Å². The van der Waals surface area contributed by atoms with Crippen LogP contribution in [0.25, 0.3) is 10.2 Å². The van der Waals surface area contributed by atoms with Gasteiger partial charge in [-0.15, -0.1) is 5.10 Å². The Hall–Kier alpha value is -2.04. The molecule has 1 unspecified atom stereocenters. The zero-order valence-corrected chi connectivity index (χ0v) is 16.8. The standard InChI is InChI=1S/C17H20N6O2S2/c1-10-6-11(2)15-13(7-10)27-16(19-15)18-14(24)9-26-17-20-21-22-23(17)8-12-4-3-5-25-12/h6-7,12H,3-5,8-9H2,1-2H3,(H,18,19,24). The van der Waals surface area contributed by atoms with Gasteiger partial charge in [0.25, 0.3) is 0 Å². The van der Waals surface area contributed by atoms with Crippen LogP contribution in [0, 0.1) is 13.8 Å². The second-order valence-electron chi connectivity index (χ2n) is 6.56. The molecule has 0 saturated carbocycles. The summed E-state index contributed by atoms with van der Waals surface area (Å²) in [5.41, 5.74) is 3.24. The lowest BCUT2D eigenvalue weighted by molar-refractivity contribution is -0.113. The summed E-state index contributed by atoms with van der Waals surface area (Å²) in [6.07, 6.45) is 2.23. The Kier molecular flexibility index (Phi) is 5.37. The summed E-state index contributed by atoms with van der Waals surface area (Å²) < 4.78 is 8.41. The number of carbonyl (C=O) groups excluding carboxylic acids is 1. The Labute approximate surface area is 164 Å². The summed E-state index contributed by atoms with van der Waals surface area (Å²) in [5, 5.41) is 15.8. The van der Waals surface area contributed by atoms with Crippen molar-refractivity contribution in [2.45, 2.75) is 44.5 Å². The molecule has 0 aliphatic carbocycles. The molecule has 0 radical (unpaired) electrons. The number of amides is 1. The molecule has 0 spiro atoms. The zero-order valence-electron chi connectivity index (χ0n) is 15.1. The van der Waals surface area contributed by atoms with E-state index in [4.69, 9.17) is 4.74 Å². The number of anilines is 1. The first kappa shape index (κ1) is 18.3. The molecule has 1 saturated heterocycles. The highest BCUT2D eigenvalue weighted by Gasteiger charge is 2.19. The van der Waals surface area contributed by atoms with E-state index in [0.29, 0.717) is 16.8 Å². The van der Waals surface area contributed by atoms with E-state index in [2.05, 4.69) is 44.9 Å². The lowest BCUT2D eigenvalue weighted by Crippen LogP contribution is -2.18. The van der Waals surface area contributed by atoms with Crippen LogP contribution in [0.4, 0.5) is 5.13 Å². The van der Waals surface area contributed by atoms with E-state index in [1.54, 1.807) is 4.68 Å². The molecule has 1 amide bonds. The molecule has 1 aliphatic rings. The summed E-state index contributed by atoms with van der Waals surface area (Å²) in [6.45, 7) is 5.50. The molecular formula is C17H20N6O2S2. The van der Waals surface area contributed by atoms with Gasteiger partial charge in [0, 0.05) is 6.61 Å². The molecule has 3 heterocycles. The molecule has 1 aromatic carbocycles. The monoisotopic (exact) mass is 404 g/mol. The van der Waals surface area contributed by atoms with E-state index in [1.165, 1.54) is 28.7 Å². The maximum absolute atomic E-state index is 12.3. The van der Waals surface area contributed by atoms with Gasteiger partial charge in [0.15, 0.2) is 5.13 Å². The zero-order chi connectivity index (χ0) is 18.8. The van der Waals surface area contributed by atoms with Gasteiger partial charge in [0.05, 0.1) is 28.6 Å². The fourth-order valence-corrected chi connectivity index (χ4v) is 4.85. The molecule has 10 heteroatoms. The average molecular weight is 405 g/mol. The summed E-state index contributed by atoms with van der Waals surface area (Å²) in [6, 6.07) is 4.18. The van der Waals surface area contributed by atoms with Crippen molar-refractivity contribution < 1.29 is 9.53 Å². The van der Waals surface area contributed by atoms with Crippen molar-refractivity contribution in [2.24, 2.45) is 0 Å². The maximum atomic E-state index is 12.3. The third-order valence-corrected chi connectivity index (χ3v) is 6.18. The first-order valence-electron chi connectivity index (χ1n) is 8.76. The van der Waals surface area contributed by atoms with E-state index in [1.807, 2.05) is 6.92 Å². The van der Waals surface area contributed by atoms with Crippen LogP contribution < -0.4 is 5.32 Å². The largest absolute Gasteiger partial charge is 0.376 e. The number of thiazole rings is 1. The number of tetrazole rings is 1. The summed E-state index contributed by atoms with van der Waals surface area (Å²) in [7, 11) is 0. The Morgan fingerprint density at radius 2 is 2.33 bits per heavy atom. The number of benzene rings is 1. The van der Waals surface area contributed by atoms with Gasteiger partial charge in [0.2, 0.25) is 11.1 Å². The smallest absolute Gasteiger partial charge is 0.236 e. The molecule has 0 bridgehead atoms. The third kappa shape index (κ3) is 4.28. The molecule has 1 atom stereocenters. The van der Waals surface area contributed by atoms with E-state index in [9.17, 15) is 4.79 Å². The number of aromatic nitrogens is 5. The average Bonchev–Trinajstić information content (AvgIpc) is 3.34. The van der Waals surface area contributed by atoms with Crippen molar-refractivity contribution in [3.05, 3.63) is 23.3 Å². The first-order valence-corrected chi connectivity index (χ1v) is 10.6. The van der Waals surface area contributed by atoms with Crippen molar-refractivity contribution >= 4 is 44.4 Å². The van der Waals surface area contributed by atoms with Gasteiger partial charge in [-0.25, -0.2) is 9.67 Å². The lowest BCUT2D eigenvalue weighted by atomic mass is 10.1. The number of rotatable bonds is 6. The van der Waals surface area contributed by atoms with Gasteiger partial charge in [-0.05, 0) is 54.3 Å². The molecule has 2 aromatic heterocycles.